The van der Waals surface area contributed by atoms with Crippen LogP contribution in [0.15, 0.2) is 26.6 Å². The lowest BCUT2D eigenvalue weighted by molar-refractivity contribution is 0.720. The van der Waals surface area contributed by atoms with Gasteiger partial charge in [-0.25, -0.2) is 9.78 Å². The number of hydrogen-bond donors (Lipinski definition) is 3. The van der Waals surface area contributed by atoms with E-state index in [9.17, 15) is 14.4 Å². The maximum absolute atomic E-state index is 12.0. The molecule has 3 aromatic heterocycles. The monoisotopic (exact) mass is 287 g/mol. The minimum Gasteiger partial charge on any atom is -0.364 e. The Bertz CT molecular complexity index is 1010. The van der Waals surface area contributed by atoms with E-state index in [1.807, 2.05) is 0 Å². The van der Waals surface area contributed by atoms with Crippen molar-refractivity contribution in [3.05, 3.63) is 49.0 Å². The molecule has 0 fully saturated rings. The molecule has 3 N–H and O–H groups in total. The standard InChI is InChI=1S/C13H13N5O3/c1-3-18-11-9(12(20)17-13(18)21)15-10(16-11)7-5-14-6(2)4-8(7)19/h4-5H,3H2,1-2H3,(H,14,19)(H,15,16)(H,17,20,21). The third-order valence-electron chi connectivity index (χ3n) is 3.26. The predicted octanol–water partition coefficient (Wildman–Crippen LogP) is 0.0965. The maximum Gasteiger partial charge on any atom is 0.330 e. The number of aryl methyl sites for hydroxylation is 2. The molecule has 0 aliphatic rings. The van der Waals surface area contributed by atoms with Crippen molar-refractivity contribution in [1.82, 2.24) is 24.5 Å². The van der Waals surface area contributed by atoms with Gasteiger partial charge >= 0.3 is 5.69 Å². The lowest BCUT2D eigenvalue weighted by Gasteiger charge is -1.99. The normalized spacial score (nSPS) is 11.1. The van der Waals surface area contributed by atoms with Crippen molar-refractivity contribution in [2.75, 3.05) is 0 Å². The molecule has 3 heterocycles. The highest BCUT2D eigenvalue weighted by atomic mass is 16.2. The third kappa shape index (κ3) is 2.00. The van der Waals surface area contributed by atoms with Gasteiger partial charge in [0.25, 0.3) is 5.56 Å². The van der Waals surface area contributed by atoms with Crippen molar-refractivity contribution in [3.63, 3.8) is 0 Å². The van der Waals surface area contributed by atoms with Crippen LogP contribution in [0.3, 0.4) is 0 Å². The Labute approximate surface area is 117 Å². The van der Waals surface area contributed by atoms with Gasteiger partial charge < -0.3 is 9.97 Å². The van der Waals surface area contributed by atoms with Crippen LogP contribution in [0.5, 0.6) is 0 Å². The number of nitrogens with one attached hydrogen (secondary N) is 3. The first kappa shape index (κ1) is 13.1. The Morgan fingerprint density at radius 3 is 2.67 bits per heavy atom. The first-order valence-electron chi connectivity index (χ1n) is 6.43. The minimum atomic E-state index is -0.554. The molecule has 0 spiro atoms. The van der Waals surface area contributed by atoms with Crippen LogP contribution >= 0.6 is 0 Å². The summed E-state index contributed by atoms with van der Waals surface area (Å²) in [5, 5.41) is 0. The van der Waals surface area contributed by atoms with E-state index in [-0.39, 0.29) is 22.4 Å². The molecule has 0 atom stereocenters. The van der Waals surface area contributed by atoms with Crippen molar-refractivity contribution < 1.29 is 0 Å². The van der Waals surface area contributed by atoms with Gasteiger partial charge in [0, 0.05) is 24.5 Å². The molecule has 0 aromatic carbocycles. The molecule has 21 heavy (non-hydrogen) atoms. The summed E-state index contributed by atoms with van der Waals surface area (Å²) >= 11 is 0. The summed E-state index contributed by atoms with van der Waals surface area (Å²) in [6.45, 7) is 3.90. The molecule has 3 aromatic rings. The van der Waals surface area contributed by atoms with Crippen LogP contribution in [0.1, 0.15) is 12.6 Å². The Hall–Kier alpha value is -2.90. The zero-order valence-corrected chi connectivity index (χ0v) is 11.5. The second-order valence-corrected chi connectivity index (χ2v) is 4.68. The van der Waals surface area contributed by atoms with Crippen LogP contribution in [0.4, 0.5) is 0 Å². The smallest absolute Gasteiger partial charge is 0.330 e. The quantitative estimate of drug-likeness (QED) is 0.619. The van der Waals surface area contributed by atoms with Crippen molar-refractivity contribution in [2.45, 2.75) is 20.4 Å². The molecule has 0 aliphatic carbocycles. The first-order valence-corrected chi connectivity index (χ1v) is 6.43. The molecule has 0 amide bonds. The zero-order valence-electron chi connectivity index (χ0n) is 11.5. The Balaban J connectivity index is 2.36. The highest BCUT2D eigenvalue weighted by Gasteiger charge is 2.14. The number of aromatic amines is 3. The van der Waals surface area contributed by atoms with Gasteiger partial charge in [-0.15, -0.1) is 0 Å². The van der Waals surface area contributed by atoms with Crippen molar-refractivity contribution in [2.24, 2.45) is 0 Å². The van der Waals surface area contributed by atoms with Crippen LogP contribution in [0, 0.1) is 6.92 Å². The average Bonchev–Trinajstić information content (AvgIpc) is 2.84. The predicted molar refractivity (Wildman–Crippen MR) is 77.4 cm³/mol. The van der Waals surface area contributed by atoms with Crippen molar-refractivity contribution in [3.8, 4) is 11.4 Å². The van der Waals surface area contributed by atoms with E-state index < -0.39 is 11.2 Å². The number of H-pyrrole nitrogens is 3. The zero-order chi connectivity index (χ0) is 15.1. The van der Waals surface area contributed by atoms with E-state index in [0.717, 1.165) is 5.69 Å². The number of rotatable bonds is 2. The number of hydrogen-bond acceptors (Lipinski definition) is 4. The summed E-state index contributed by atoms with van der Waals surface area (Å²) in [5.74, 6) is 0.254. The number of nitrogens with zero attached hydrogens (tertiary/aromatic N) is 2. The SMILES string of the molecule is CCn1c(=O)[nH]c(=O)c2[nH]c(-c3c[nH]c(C)cc3=O)nc21. The molecule has 0 unspecified atom stereocenters. The van der Waals surface area contributed by atoms with Gasteiger partial charge in [0.1, 0.15) is 11.3 Å². The fourth-order valence-corrected chi connectivity index (χ4v) is 2.22. The Morgan fingerprint density at radius 2 is 2.00 bits per heavy atom. The van der Waals surface area contributed by atoms with Crippen LogP contribution in [0.2, 0.25) is 0 Å². The topological polar surface area (TPSA) is 116 Å². The van der Waals surface area contributed by atoms with Crippen LogP contribution in [-0.2, 0) is 6.54 Å². The highest BCUT2D eigenvalue weighted by Crippen LogP contribution is 2.14. The van der Waals surface area contributed by atoms with Gasteiger partial charge in [0.05, 0.1) is 5.56 Å². The van der Waals surface area contributed by atoms with E-state index in [4.69, 9.17) is 0 Å². The number of imidazole rings is 1. The van der Waals surface area contributed by atoms with Crippen molar-refractivity contribution >= 4 is 11.2 Å². The second-order valence-electron chi connectivity index (χ2n) is 4.68. The molecule has 0 radical (unpaired) electrons. The Morgan fingerprint density at radius 1 is 1.24 bits per heavy atom. The molecule has 0 bridgehead atoms. The van der Waals surface area contributed by atoms with Gasteiger partial charge in [-0.05, 0) is 13.8 Å². The molecule has 0 aliphatic heterocycles. The summed E-state index contributed by atoms with van der Waals surface area (Å²) < 4.78 is 1.33. The molecule has 3 rings (SSSR count). The van der Waals surface area contributed by atoms with E-state index in [2.05, 4.69) is 19.9 Å². The van der Waals surface area contributed by atoms with E-state index in [1.165, 1.54) is 16.8 Å². The fourth-order valence-electron chi connectivity index (χ4n) is 2.22. The lowest BCUT2D eigenvalue weighted by atomic mass is 10.2. The third-order valence-corrected chi connectivity index (χ3v) is 3.26. The van der Waals surface area contributed by atoms with Crippen LogP contribution in [-0.4, -0.2) is 24.5 Å². The van der Waals surface area contributed by atoms with Gasteiger partial charge in [0.15, 0.2) is 11.1 Å². The molecule has 0 saturated carbocycles. The molecule has 0 saturated heterocycles. The van der Waals surface area contributed by atoms with Gasteiger partial charge in [-0.3, -0.25) is 19.1 Å². The van der Waals surface area contributed by atoms with Gasteiger partial charge in [0.2, 0.25) is 0 Å². The number of fused-ring (bicyclic) bond motifs is 1. The molecular formula is C13H13N5O3. The summed E-state index contributed by atoms with van der Waals surface area (Å²) in [6, 6.07) is 1.44. The Kier molecular flexibility index (Phi) is 2.86. The van der Waals surface area contributed by atoms with E-state index >= 15 is 0 Å². The van der Waals surface area contributed by atoms with E-state index in [0.29, 0.717) is 12.1 Å². The molecule has 8 nitrogen and oxygen atoms in total. The van der Waals surface area contributed by atoms with E-state index in [1.54, 1.807) is 13.8 Å². The van der Waals surface area contributed by atoms with Gasteiger partial charge in [-0.2, -0.15) is 0 Å². The molecule has 108 valence electrons. The maximum atomic E-state index is 12.0. The highest BCUT2D eigenvalue weighted by molar-refractivity contribution is 5.75. The van der Waals surface area contributed by atoms with Crippen molar-refractivity contribution in [1.29, 1.82) is 0 Å². The van der Waals surface area contributed by atoms with Gasteiger partial charge in [-0.1, -0.05) is 0 Å². The summed E-state index contributed by atoms with van der Waals surface area (Å²) in [6.07, 6.45) is 1.53. The summed E-state index contributed by atoms with van der Waals surface area (Å²) in [7, 11) is 0. The number of pyridine rings is 1. The summed E-state index contributed by atoms with van der Waals surface area (Å²) in [4.78, 5) is 47.7. The lowest BCUT2D eigenvalue weighted by Crippen LogP contribution is -2.29. The second kappa shape index (κ2) is 4.58. The van der Waals surface area contributed by atoms with Crippen LogP contribution in [0.25, 0.3) is 22.6 Å². The minimum absolute atomic E-state index is 0.173. The molecule has 8 heteroatoms. The largest absolute Gasteiger partial charge is 0.364 e. The van der Waals surface area contributed by atoms with Crippen LogP contribution < -0.4 is 16.7 Å². The summed E-state index contributed by atoms with van der Waals surface area (Å²) in [5.41, 5.74) is 0.155. The average molecular weight is 287 g/mol. The fraction of sp³-hybridized carbons (Fsp3) is 0.231. The number of aromatic nitrogens is 5. The molecular weight excluding hydrogens is 274 g/mol. The first-order chi connectivity index (χ1) is 10.0.